The van der Waals surface area contributed by atoms with Crippen LogP contribution in [-0.2, 0) is 0 Å². The van der Waals surface area contributed by atoms with Gasteiger partial charge in [-0.1, -0.05) is 37.7 Å². The lowest BCUT2D eigenvalue weighted by Gasteiger charge is -2.13. The minimum atomic E-state index is 0.206. The van der Waals surface area contributed by atoms with Gasteiger partial charge in [0.25, 0.3) is 0 Å². The van der Waals surface area contributed by atoms with E-state index in [4.69, 9.17) is 34.3 Å². The summed E-state index contributed by atoms with van der Waals surface area (Å²) in [6.45, 7) is 6.07. The highest BCUT2D eigenvalue weighted by Gasteiger charge is 2.12. The average Bonchev–Trinajstić information content (AvgIpc) is 2.41. The van der Waals surface area contributed by atoms with E-state index >= 15 is 0 Å². The highest BCUT2D eigenvalue weighted by atomic mass is 35.5. The Morgan fingerprint density at radius 2 is 2.10 bits per heavy atom. The molecule has 2 N–H and O–H groups in total. The van der Waals surface area contributed by atoms with Gasteiger partial charge in [0.15, 0.2) is 0 Å². The van der Waals surface area contributed by atoms with E-state index < -0.39 is 0 Å². The molecule has 0 spiro atoms. The molecule has 0 unspecified atom stereocenters. The quantitative estimate of drug-likeness (QED) is 0.863. The highest BCUT2D eigenvalue weighted by molar-refractivity contribution is 7.80. The van der Waals surface area contributed by atoms with Gasteiger partial charge in [0.05, 0.1) is 0 Å². The molecule has 0 aliphatic heterocycles. The van der Waals surface area contributed by atoms with Crippen LogP contribution in [0.3, 0.4) is 0 Å². The molecule has 0 radical (unpaired) electrons. The Kier molecular flexibility index (Phi) is 4.75. The zero-order valence-electron chi connectivity index (χ0n) is 12.1. The van der Waals surface area contributed by atoms with Gasteiger partial charge in [0.2, 0.25) is 0 Å². The van der Waals surface area contributed by atoms with Crippen molar-refractivity contribution >= 4 is 28.8 Å². The molecule has 6 heteroatoms. The number of hydrogen-bond acceptors (Lipinski definition) is 4. The molecule has 1 aromatic carbocycles. The van der Waals surface area contributed by atoms with Crippen molar-refractivity contribution in [2.75, 3.05) is 0 Å². The first-order valence-electron chi connectivity index (χ1n) is 6.49. The summed E-state index contributed by atoms with van der Waals surface area (Å²) < 4.78 is 5.75. The average molecular weight is 322 g/mol. The second-order valence-corrected chi connectivity index (χ2v) is 5.83. The molecule has 0 aliphatic carbocycles. The maximum Gasteiger partial charge on any atom is 0.322 e. The van der Waals surface area contributed by atoms with Crippen molar-refractivity contribution in [3.63, 3.8) is 0 Å². The zero-order chi connectivity index (χ0) is 15.6. The Hall–Kier alpha value is -1.72. The summed E-state index contributed by atoms with van der Waals surface area (Å²) in [6, 6.07) is 5.65. The van der Waals surface area contributed by atoms with Crippen LogP contribution in [-0.4, -0.2) is 15.0 Å². The smallest absolute Gasteiger partial charge is 0.322 e. The molecular weight excluding hydrogens is 306 g/mol. The number of aryl methyl sites for hydroxylation is 1. The summed E-state index contributed by atoms with van der Waals surface area (Å²) in [6.07, 6.45) is 1.56. The first kappa shape index (κ1) is 15.7. The maximum absolute atomic E-state index is 6.25. The van der Waals surface area contributed by atoms with E-state index in [1.165, 1.54) is 0 Å². The standard InChI is InChI=1S/C15H16ClN3OS/c1-8(2)10-7-13(9(3)6-11(10)16)20-15-18-5-4-12(19-15)14(17)21/h4-8H,1-3H3,(H2,17,21). The van der Waals surface area contributed by atoms with E-state index in [1.807, 2.05) is 19.1 Å². The van der Waals surface area contributed by atoms with E-state index in [-0.39, 0.29) is 11.0 Å². The van der Waals surface area contributed by atoms with Crippen LogP contribution in [0.4, 0.5) is 0 Å². The van der Waals surface area contributed by atoms with Crippen LogP contribution in [0.2, 0.25) is 5.02 Å². The van der Waals surface area contributed by atoms with Crippen molar-refractivity contribution in [1.29, 1.82) is 0 Å². The number of halogens is 1. The van der Waals surface area contributed by atoms with Crippen molar-refractivity contribution in [1.82, 2.24) is 9.97 Å². The molecule has 0 amide bonds. The number of benzene rings is 1. The summed E-state index contributed by atoms with van der Waals surface area (Å²) in [7, 11) is 0. The molecule has 110 valence electrons. The minimum Gasteiger partial charge on any atom is -0.424 e. The van der Waals surface area contributed by atoms with Crippen LogP contribution in [0.25, 0.3) is 0 Å². The monoisotopic (exact) mass is 321 g/mol. The molecule has 21 heavy (non-hydrogen) atoms. The SMILES string of the molecule is Cc1cc(Cl)c(C(C)C)cc1Oc1nccc(C(N)=S)n1. The van der Waals surface area contributed by atoms with Gasteiger partial charge in [-0.05, 0) is 42.2 Å². The summed E-state index contributed by atoms with van der Waals surface area (Å²) in [5, 5.41) is 0.729. The third kappa shape index (κ3) is 3.68. The van der Waals surface area contributed by atoms with E-state index in [9.17, 15) is 0 Å². The molecule has 1 heterocycles. The number of ether oxygens (including phenoxy) is 1. The molecule has 0 saturated carbocycles. The first-order valence-corrected chi connectivity index (χ1v) is 7.28. The summed E-state index contributed by atoms with van der Waals surface area (Å²) in [4.78, 5) is 8.45. The van der Waals surface area contributed by atoms with Crippen molar-refractivity contribution in [3.8, 4) is 11.8 Å². The summed E-state index contributed by atoms with van der Waals surface area (Å²) in [5.41, 5.74) is 7.96. The van der Waals surface area contributed by atoms with E-state index in [0.29, 0.717) is 17.4 Å². The Labute approximate surface area is 134 Å². The van der Waals surface area contributed by atoms with Gasteiger partial charge in [-0.15, -0.1) is 0 Å². The Bertz CT molecular complexity index is 689. The Balaban J connectivity index is 2.37. The number of nitrogens with zero attached hydrogens (tertiary/aromatic N) is 2. The molecule has 2 rings (SSSR count). The molecule has 0 saturated heterocycles. The predicted molar refractivity (Wildman–Crippen MR) is 88.3 cm³/mol. The molecule has 2 aromatic rings. The fraction of sp³-hybridized carbons (Fsp3) is 0.267. The third-order valence-corrected chi connectivity index (χ3v) is 3.54. The van der Waals surface area contributed by atoms with Crippen molar-refractivity contribution in [3.05, 3.63) is 46.2 Å². The lowest BCUT2D eigenvalue weighted by atomic mass is 10.0. The van der Waals surface area contributed by atoms with Crippen molar-refractivity contribution in [2.45, 2.75) is 26.7 Å². The zero-order valence-corrected chi connectivity index (χ0v) is 13.6. The van der Waals surface area contributed by atoms with Gasteiger partial charge in [0.1, 0.15) is 16.4 Å². The highest BCUT2D eigenvalue weighted by Crippen LogP contribution is 2.32. The third-order valence-electron chi connectivity index (χ3n) is 3.00. The second-order valence-electron chi connectivity index (χ2n) is 4.98. The van der Waals surface area contributed by atoms with Crippen LogP contribution < -0.4 is 10.5 Å². The molecule has 0 aliphatic rings. The van der Waals surface area contributed by atoms with Crippen LogP contribution in [0.1, 0.15) is 36.6 Å². The summed E-state index contributed by atoms with van der Waals surface area (Å²) in [5.74, 6) is 0.965. The van der Waals surface area contributed by atoms with Gasteiger partial charge in [0, 0.05) is 11.2 Å². The van der Waals surface area contributed by atoms with Gasteiger partial charge < -0.3 is 10.5 Å². The van der Waals surface area contributed by atoms with Crippen LogP contribution in [0, 0.1) is 6.92 Å². The number of hydrogen-bond donors (Lipinski definition) is 1. The fourth-order valence-corrected chi connectivity index (χ4v) is 2.40. The van der Waals surface area contributed by atoms with Gasteiger partial charge in [-0.3, -0.25) is 0 Å². The second kappa shape index (κ2) is 6.37. The Morgan fingerprint density at radius 1 is 1.38 bits per heavy atom. The van der Waals surface area contributed by atoms with E-state index in [0.717, 1.165) is 16.1 Å². The number of thiocarbonyl (C=S) groups is 1. The van der Waals surface area contributed by atoms with Gasteiger partial charge in [-0.25, -0.2) is 4.98 Å². The lowest BCUT2D eigenvalue weighted by Crippen LogP contribution is -2.12. The van der Waals surface area contributed by atoms with Crippen LogP contribution in [0.15, 0.2) is 24.4 Å². The molecular formula is C15H16ClN3OS. The molecule has 0 fully saturated rings. The minimum absolute atomic E-state index is 0.206. The van der Waals surface area contributed by atoms with Crippen LogP contribution >= 0.6 is 23.8 Å². The number of aromatic nitrogens is 2. The van der Waals surface area contributed by atoms with E-state index in [2.05, 4.69) is 23.8 Å². The maximum atomic E-state index is 6.25. The molecule has 0 bridgehead atoms. The number of nitrogens with two attached hydrogens (primary N) is 1. The van der Waals surface area contributed by atoms with Crippen molar-refractivity contribution < 1.29 is 4.74 Å². The Morgan fingerprint density at radius 3 is 2.71 bits per heavy atom. The molecule has 4 nitrogen and oxygen atoms in total. The lowest BCUT2D eigenvalue weighted by molar-refractivity contribution is 0.437. The molecule has 1 aromatic heterocycles. The van der Waals surface area contributed by atoms with E-state index in [1.54, 1.807) is 12.3 Å². The van der Waals surface area contributed by atoms with Crippen molar-refractivity contribution in [2.24, 2.45) is 5.73 Å². The van der Waals surface area contributed by atoms with Gasteiger partial charge in [-0.2, -0.15) is 4.98 Å². The largest absolute Gasteiger partial charge is 0.424 e. The molecule has 0 atom stereocenters. The summed E-state index contributed by atoms with van der Waals surface area (Å²) >= 11 is 11.1. The fourth-order valence-electron chi connectivity index (χ4n) is 1.85. The normalized spacial score (nSPS) is 10.7. The topological polar surface area (TPSA) is 61.0 Å². The van der Waals surface area contributed by atoms with Crippen LogP contribution in [0.5, 0.6) is 11.8 Å². The predicted octanol–water partition coefficient (Wildman–Crippen LogP) is 3.99. The van der Waals surface area contributed by atoms with Gasteiger partial charge >= 0.3 is 6.01 Å². The first-order chi connectivity index (χ1) is 9.88. The number of rotatable bonds is 4.